The van der Waals surface area contributed by atoms with Crippen LogP contribution in [-0.2, 0) is 4.74 Å². The molecule has 1 N–H and O–H groups in total. The lowest BCUT2D eigenvalue weighted by molar-refractivity contribution is -0.108. The zero-order valence-electron chi connectivity index (χ0n) is 12.4. The molecule has 0 saturated carbocycles. The molecule has 0 aromatic heterocycles. The fourth-order valence-electron chi connectivity index (χ4n) is 2.64. The van der Waals surface area contributed by atoms with Crippen LogP contribution in [0.5, 0.6) is 0 Å². The van der Waals surface area contributed by atoms with Crippen molar-refractivity contribution in [1.82, 2.24) is 4.90 Å². The highest BCUT2D eigenvalue weighted by atomic mass is 16.5. The smallest absolute Gasteiger partial charge is 0.0942 e. The number of aliphatic hydroxyl groups excluding tert-OH is 1. The molecular weight excluding hydrogens is 238 g/mol. The molecular formula is C16H25NO2. The fraction of sp³-hybridized carbons (Fsp3) is 0.625. The van der Waals surface area contributed by atoms with Gasteiger partial charge < -0.3 is 9.84 Å². The number of benzene rings is 1. The minimum Gasteiger partial charge on any atom is -0.387 e. The number of morpholine rings is 1. The van der Waals surface area contributed by atoms with Gasteiger partial charge in [-0.1, -0.05) is 29.8 Å². The van der Waals surface area contributed by atoms with Crippen molar-refractivity contribution in [3.63, 3.8) is 0 Å². The van der Waals surface area contributed by atoms with Crippen LogP contribution in [-0.4, -0.2) is 41.3 Å². The Morgan fingerprint density at radius 3 is 2.47 bits per heavy atom. The highest BCUT2D eigenvalue weighted by Gasteiger charge is 2.32. The topological polar surface area (TPSA) is 32.7 Å². The number of hydrogen-bond acceptors (Lipinski definition) is 3. The third kappa shape index (κ3) is 3.56. The maximum atomic E-state index is 10.5. The molecule has 1 saturated heterocycles. The number of ether oxygens (including phenoxy) is 1. The van der Waals surface area contributed by atoms with Gasteiger partial charge in [0.05, 0.1) is 18.3 Å². The Kier molecular flexibility index (Phi) is 4.29. The van der Waals surface area contributed by atoms with Crippen molar-refractivity contribution in [2.75, 3.05) is 19.7 Å². The number of nitrogens with zero attached hydrogens (tertiary/aromatic N) is 1. The third-order valence-electron chi connectivity index (χ3n) is 3.91. The van der Waals surface area contributed by atoms with Gasteiger partial charge in [-0.05, 0) is 33.3 Å². The lowest BCUT2D eigenvalue weighted by Gasteiger charge is -2.42. The van der Waals surface area contributed by atoms with Gasteiger partial charge in [0.2, 0.25) is 0 Å². The van der Waals surface area contributed by atoms with Crippen LogP contribution < -0.4 is 0 Å². The van der Waals surface area contributed by atoms with Crippen molar-refractivity contribution >= 4 is 0 Å². The van der Waals surface area contributed by atoms with Crippen LogP contribution >= 0.6 is 0 Å². The highest BCUT2D eigenvalue weighted by molar-refractivity contribution is 5.24. The molecule has 2 atom stereocenters. The summed E-state index contributed by atoms with van der Waals surface area (Å²) in [6, 6.07) is 8.23. The molecule has 0 spiro atoms. The second kappa shape index (κ2) is 5.61. The van der Waals surface area contributed by atoms with Gasteiger partial charge in [0.15, 0.2) is 0 Å². The lowest BCUT2D eigenvalue weighted by Crippen LogP contribution is -2.52. The molecule has 3 heteroatoms. The Labute approximate surface area is 116 Å². The number of hydrogen-bond donors (Lipinski definition) is 1. The summed E-state index contributed by atoms with van der Waals surface area (Å²) in [6.07, 6.45) is -0.450. The van der Waals surface area contributed by atoms with Crippen LogP contribution in [0, 0.1) is 6.92 Å². The van der Waals surface area contributed by atoms with E-state index in [9.17, 15) is 5.11 Å². The van der Waals surface area contributed by atoms with Crippen molar-refractivity contribution in [3.05, 3.63) is 35.4 Å². The van der Waals surface area contributed by atoms with E-state index in [1.807, 2.05) is 12.1 Å². The molecule has 1 aliphatic heterocycles. The van der Waals surface area contributed by atoms with Gasteiger partial charge in [0.1, 0.15) is 0 Å². The Morgan fingerprint density at radius 2 is 1.89 bits per heavy atom. The second-order valence-corrected chi connectivity index (χ2v) is 6.17. The van der Waals surface area contributed by atoms with E-state index in [1.54, 1.807) is 0 Å². The molecule has 3 nitrogen and oxygen atoms in total. The molecule has 1 aromatic carbocycles. The monoisotopic (exact) mass is 263 g/mol. The molecule has 0 aliphatic carbocycles. The third-order valence-corrected chi connectivity index (χ3v) is 3.91. The molecule has 0 bridgehead atoms. The molecule has 19 heavy (non-hydrogen) atoms. The van der Waals surface area contributed by atoms with Gasteiger partial charge in [0.25, 0.3) is 0 Å². The van der Waals surface area contributed by atoms with E-state index in [4.69, 9.17) is 4.74 Å². The van der Waals surface area contributed by atoms with Crippen molar-refractivity contribution in [1.29, 1.82) is 0 Å². The van der Waals surface area contributed by atoms with E-state index in [-0.39, 0.29) is 11.6 Å². The molecule has 1 aliphatic rings. The predicted molar refractivity (Wildman–Crippen MR) is 77.2 cm³/mol. The Morgan fingerprint density at radius 1 is 1.26 bits per heavy atom. The maximum Gasteiger partial charge on any atom is 0.0942 e. The minimum absolute atomic E-state index is 0.103. The number of aliphatic hydroxyl groups is 1. The standard InChI is InChI=1S/C16H25NO2/c1-12-5-7-14(8-6-12)15(18)13(2)17-9-10-19-16(3,4)11-17/h5-8,13,15,18H,9-11H2,1-4H3. The first-order chi connectivity index (χ1) is 8.89. The predicted octanol–water partition coefficient (Wildman–Crippen LogP) is 2.53. The van der Waals surface area contributed by atoms with Gasteiger partial charge >= 0.3 is 0 Å². The van der Waals surface area contributed by atoms with Crippen LogP contribution in [0.25, 0.3) is 0 Å². The lowest BCUT2D eigenvalue weighted by atomic mass is 9.98. The van der Waals surface area contributed by atoms with E-state index in [1.165, 1.54) is 5.56 Å². The average molecular weight is 263 g/mol. The summed E-state index contributed by atoms with van der Waals surface area (Å²) in [5, 5.41) is 10.5. The van der Waals surface area contributed by atoms with Crippen LogP contribution in [0.15, 0.2) is 24.3 Å². The van der Waals surface area contributed by atoms with Crippen molar-refractivity contribution in [2.45, 2.75) is 45.4 Å². The largest absolute Gasteiger partial charge is 0.387 e. The fourth-order valence-corrected chi connectivity index (χ4v) is 2.64. The molecule has 106 valence electrons. The van der Waals surface area contributed by atoms with E-state index < -0.39 is 6.10 Å². The van der Waals surface area contributed by atoms with Gasteiger partial charge in [-0.25, -0.2) is 0 Å². The van der Waals surface area contributed by atoms with Crippen LogP contribution in [0.4, 0.5) is 0 Å². The summed E-state index contributed by atoms with van der Waals surface area (Å²) >= 11 is 0. The number of aryl methyl sites for hydroxylation is 1. The van der Waals surface area contributed by atoms with Crippen molar-refractivity contribution in [3.8, 4) is 0 Å². The summed E-state index contributed by atoms with van der Waals surface area (Å²) in [7, 11) is 0. The SMILES string of the molecule is Cc1ccc(C(O)C(C)N2CCOC(C)(C)C2)cc1. The van der Waals surface area contributed by atoms with E-state index >= 15 is 0 Å². The summed E-state index contributed by atoms with van der Waals surface area (Å²) in [4.78, 5) is 2.31. The average Bonchev–Trinajstić information content (AvgIpc) is 2.37. The summed E-state index contributed by atoms with van der Waals surface area (Å²) in [5.74, 6) is 0. The molecule has 0 amide bonds. The van der Waals surface area contributed by atoms with Crippen LogP contribution in [0.2, 0.25) is 0 Å². The van der Waals surface area contributed by atoms with Gasteiger partial charge in [-0.2, -0.15) is 0 Å². The molecule has 1 aromatic rings. The highest BCUT2D eigenvalue weighted by Crippen LogP contribution is 2.25. The van der Waals surface area contributed by atoms with Gasteiger partial charge in [-0.15, -0.1) is 0 Å². The second-order valence-electron chi connectivity index (χ2n) is 6.17. The van der Waals surface area contributed by atoms with E-state index in [2.05, 4.69) is 44.7 Å². The minimum atomic E-state index is -0.450. The molecule has 1 heterocycles. The first-order valence-electron chi connectivity index (χ1n) is 7.02. The van der Waals surface area contributed by atoms with Crippen molar-refractivity contribution in [2.24, 2.45) is 0 Å². The number of rotatable bonds is 3. The normalized spacial score (nSPS) is 23.0. The first-order valence-corrected chi connectivity index (χ1v) is 7.02. The zero-order chi connectivity index (χ0) is 14.0. The molecule has 2 unspecified atom stereocenters. The van der Waals surface area contributed by atoms with E-state index in [0.717, 1.165) is 25.3 Å². The maximum absolute atomic E-state index is 10.5. The van der Waals surface area contributed by atoms with Crippen molar-refractivity contribution < 1.29 is 9.84 Å². The summed E-state index contributed by atoms with van der Waals surface area (Å²) < 4.78 is 5.72. The van der Waals surface area contributed by atoms with Crippen LogP contribution in [0.1, 0.15) is 38.0 Å². The first kappa shape index (κ1) is 14.5. The van der Waals surface area contributed by atoms with Crippen LogP contribution in [0.3, 0.4) is 0 Å². The Hall–Kier alpha value is -0.900. The molecule has 2 rings (SSSR count). The molecule has 1 fully saturated rings. The molecule has 0 radical (unpaired) electrons. The van der Waals surface area contributed by atoms with Gasteiger partial charge in [-0.3, -0.25) is 4.90 Å². The Bertz CT molecular complexity index is 413. The Balaban J connectivity index is 2.06. The quantitative estimate of drug-likeness (QED) is 0.909. The van der Waals surface area contributed by atoms with E-state index in [0.29, 0.717) is 0 Å². The summed E-state index contributed by atoms with van der Waals surface area (Å²) in [5.41, 5.74) is 2.08. The summed E-state index contributed by atoms with van der Waals surface area (Å²) in [6.45, 7) is 10.8. The zero-order valence-corrected chi connectivity index (χ0v) is 12.4. The van der Waals surface area contributed by atoms with Gasteiger partial charge in [0, 0.05) is 19.1 Å².